The van der Waals surface area contributed by atoms with Crippen molar-refractivity contribution in [2.45, 2.75) is 25.0 Å². The summed E-state index contributed by atoms with van der Waals surface area (Å²) < 4.78 is 11.3. The van der Waals surface area contributed by atoms with Gasteiger partial charge in [0.1, 0.15) is 23.4 Å². The number of likely N-dealkylation sites (tertiary alicyclic amines) is 1. The SMILES string of the molecule is COc1ccc(O[C@H]2C[C@@H]3CN(CC(O)c4ccc(O)cn4)C[C@@H]3C2)cc1. The van der Waals surface area contributed by atoms with E-state index in [2.05, 4.69) is 9.88 Å². The molecule has 0 bridgehead atoms. The third-order valence-electron chi connectivity index (χ3n) is 5.69. The number of rotatable bonds is 6. The van der Waals surface area contributed by atoms with Crippen molar-refractivity contribution in [2.75, 3.05) is 26.7 Å². The van der Waals surface area contributed by atoms with Crippen molar-refractivity contribution in [2.24, 2.45) is 11.8 Å². The summed E-state index contributed by atoms with van der Waals surface area (Å²) in [7, 11) is 1.66. The van der Waals surface area contributed by atoms with Gasteiger partial charge in [-0.15, -0.1) is 0 Å². The maximum absolute atomic E-state index is 10.4. The number of nitrogens with zero attached hydrogens (tertiary/aromatic N) is 2. The van der Waals surface area contributed by atoms with Crippen molar-refractivity contribution < 1.29 is 19.7 Å². The molecule has 6 heteroatoms. The van der Waals surface area contributed by atoms with E-state index in [9.17, 15) is 10.2 Å². The van der Waals surface area contributed by atoms with E-state index in [-0.39, 0.29) is 11.9 Å². The second-order valence-corrected chi connectivity index (χ2v) is 7.58. The van der Waals surface area contributed by atoms with Crippen LogP contribution in [0.3, 0.4) is 0 Å². The van der Waals surface area contributed by atoms with Crippen LogP contribution in [-0.4, -0.2) is 52.9 Å². The highest BCUT2D eigenvalue weighted by atomic mass is 16.5. The van der Waals surface area contributed by atoms with E-state index in [0.717, 1.165) is 37.4 Å². The van der Waals surface area contributed by atoms with E-state index in [4.69, 9.17) is 9.47 Å². The molecule has 1 aromatic heterocycles. The van der Waals surface area contributed by atoms with E-state index >= 15 is 0 Å². The predicted octanol–water partition coefficient (Wildman–Crippen LogP) is 2.62. The molecular weight excluding hydrogens is 344 g/mol. The van der Waals surface area contributed by atoms with Crippen molar-refractivity contribution in [1.82, 2.24) is 9.88 Å². The standard InChI is InChI=1S/C21H26N2O4/c1-26-17-3-5-18(6-4-17)27-19-8-14-11-23(12-15(14)9-19)13-21(25)20-7-2-16(24)10-22-20/h2-7,10,14-15,19,21,24-25H,8-9,11-13H2,1H3/t14-,15+,19+,21?. The molecule has 4 rings (SSSR count). The van der Waals surface area contributed by atoms with Gasteiger partial charge >= 0.3 is 0 Å². The summed E-state index contributed by atoms with van der Waals surface area (Å²) >= 11 is 0. The van der Waals surface area contributed by atoms with Crippen LogP contribution in [0.15, 0.2) is 42.6 Å². The molecule has 1 unspecified atom stereocenters. The number of aliphatic hydroxyl groups excluding tert-OH is 1. The minimum absolute atomic E-state index is 0.115. The highest BCUT2D eigenvalue weighted by Gasteiger charge is 2.42. The Morgan fingerprint density at radius 1 is 1.07 bits per heavy atom. The Labute approximate surface area is 159 Å². The number of β-amino-alcohol motifs (C(OH)–C–C–N with tert-alkyl or cyclic N) is 1. The second kappa shape index (κ2) is 7.74. The Hall–Kier alpha value is -2.31. The molecule has 27 heavy (non-hydrogen) atoms. The Morgan fingerprint density at radius 2 is 1.74 bits per heavy atom. The normalized spacial score (nSPS) is 25.9. The first-order valence-corrected chi connectivity index (χ1v) is 9.46. The van der Waals surface area contributed by atoms with E-state index in [0.29, 0.717) is 24.1 Å². The Balaban J connectivity index is 1.27. The van der Waals surface area contributed by atoms with Crippen LogP contribution in [0.2, 0.25) is 0 Å². The molecule has 6 nitrogen and oxygen atoms in total. The number of fused-ring (bicyclic) bond motifs is 1. The molecule has 0 spiro atoms. The molecular formula is C21H26N2O4. The van der Waals surface area contributed by atoms with E-state index < -0.39 is 6.10 Å². The fourth-order valence-electron chi connectivity index (χ4n) is 4.37. The van der Waals surface area contributed by atoms with Gasteiger partial charge in [0.2, 0.25) is 0 Å². The van der Waals surface area contributed by atoms with Crippen LogP contribution in [0.5, 0.6) is 17.2 Å². The minimum Gasteiger partial charge on any atom is -0.506 e. The molecule has 1 saturated heterocycles. The number of aliphatic hydroxyl groups is 1. The maximum Gasteiger partial charge on any atom is 0.133 e. The zero-order chi connectivity index (χ0) is 18.8. The van der Waals surface area contributed by atoms with Crippen LogP contribution >= 0.6 is 0 Å². The summed E-state index contributed by atoms with van der Waals surface area (Å²) in [5.74, 6) is 3.08. The lowest BCUT2D eigenvalue weighted by atomic mass is 10.0. The van der Waals surface area contributed by atoms with Gasteiger partial charge in [-0.3, -0.25) is 9.88 Å². The lowest BCUT2D eigenvalue weighted by Gasteiger charge is -2.22. The average molecular weight is 370 g/mol. The summed E-state index contributed by atoms with van der Waals surface area (Å²) in [6, 6.07) is 11.0. The van der Waals surface area contributed by atoms with Crippen LogP contribution in [0, 0.1) is 11.8 Å². The first-order valence-electron chi connectivity index (χ1n) is 9.46. The lowest BCUT2D eigenvalue weighted by Crippen LogP contribution is -2.29. The fraction of sp³-hybridized carbons (Fsp3) is 0.476. The van der Waals surface area contributed by atoms with Crippen LogP contribution < -0.4 is 9.47 Å². The molecule has 2 N–H and O–H groups in total. The third kappa shape index (κ3) is 4.17. The number of pyridine rings is 1. The van der Waals surface area contributed by atoms with Gasteiger partial charge < -0.3 is 19.7 Å². The second-order valence-electron chi connectivity index (χ2n) is 7.58. The molecule has 0 amide bonds. The molecule has 144 valence electrons. The number of hydrogen-bond donors (Lipinski definition) is 2. The number of ether oxygens (including phenoxy) is 2. The Morgan fingerprint density at radius 3 is 2.33 bits per heavy atom. The first kappa shape index (κ1) is 18.1. The van der Waals surface area contributed by atoms with Gasteiger partial charge in [-0.2, -0.15) is 0 Å². The van der Waals surface area contributed by atoms with Crippen molar-refractivity contribution in [3.63, 3.8) is 0 Å². The van der Waals surface area contributed by atoms with Crippen LogP contribution in [0.4, 0.5) is 0 Å². The zero-order valence-electron chi connectivity index (χ0n) is 15.5. The highest BCUT2D eigenvalue weighted by molar-refractivity contribution is 5.31. The molecule has 2 aliphatic rings. The van der Waals surface area contributed by atoms with E-state index in [1.165, 1.54) is 6.20 Å². The zero-order valence-corrected chi connectivity index (χ0v) is 15.5. The van der Waals surface area contributed by atoms with Crippen LogP contribution in [0.1, 0.15) is 24.6 Å². The average Bonchev–Trinajstić information content (AvgIpc) is 3.20. The van der Waals surface area contributed by atoms with Crippen molar-refractivity contribution in [3.8, 4) is 17.2 Å². The van der Waals surface area contributed by atoms with Crippen molar-refractivity contribution in [1.29, 1.82) is 0 Å². The van der Waals surface area contributed by atoms with Gasteiger partial charge in [-0.05, 0) is 61.1 Å². The quantitative estimate of drug-likeness (QED) is 0.814. The van der Waals surface area contributed by atoms with Crippen molar-refractivity contribution in [3.05, 3.63) is 48.3 Å². The Kier molecular flexibility index (Phi) is 5.18. The van der Waals surface area contributed by atoms with E-state index in [1.54, 1.807) is 19.2 Å². The summed E-state index contributed by atoms with van der Waals surface area (Å²) in [4.78, 5) is 6.43. The number of benzene rings is 1. The first-order chi connectivity index (χ1) is 13.1. The largest absolute Gasteiger partial charge is 0.506 e. The van der Waals surface area contributed by atoms with Gasteiger partial charge in [0.15, 0.2) is 0 Å². The van der Waals surface area contributed by atoms with Gasteiger partial charge in [-0.1, -0.05) is 0 Å². The molecule has 1 aromatic carbocycles. The lowest BCUT2D eigenvalue weighted by molar-refractivity contribution is 0.113. The molecule has 4 atom stereocenters. The minimum atomic E-state index is -0.629. The highest BCUT2D eigenvalue weighted by Crippen LogP contribution is 2.40. The maximum atomic E-state index is 10.4. The summed E-state index contributed by atoms with van der Waals surface area (Å²) in [5, 5.41) is 19.7. The third-order valence-corrected chi connectivity index (χ3v) is 5.69. The summed E-state index contributed by atoms with van der Waals surface area (Å²) in [6.07, 6.45) is 3.12. The van der Waals surface area contributed by atoms with Crippen molar-refractivity contribution >= 4 is 0 Å². The fourth-order valence-corrected chi connectivity index (χ4v) is 4.37. The molecule has 1 saturated carbocycles. The number of aromatic hydroxyl groups is 1. The van der Waals surface area contributed by atoms with E-state index in [1.807, 2.05) is 24.3 Å². The topological polar surface area (TPSA) is 75.1 Å². The number of aromatic nitrogens is 1. The summed E-state index contributed by atoms with van der Waals surface area (Å²) in [5.41, 5.74) is 0.602. The van der Waals surface area contributed by atoms with Crippen LogP contribution in [-0.2, 0) is 0 Å². The number of methoxy groups -OCH3 is 1. The number of hydrogen-bond acceptors (Lipinski definition) is 6. The monoisotopic (exact) mass is 370 g/mol. The predicted molar refractivity (Wildman–Crippen MR) is 101 cm³/mol. The van der Waals surface area contributed by atoms with Gasteiger partial charge in [-0.25, -0.2) is 0 Å². The smallest absolute Gasteiger partial charge is 0.133 e. The molecule has 1 aliphatic heterocycles. The molecule has 2 aromatic rings. The Bertz CT molecular complexity index is 736. The molecule has 2 fully saturated rings. The molecule has 1 aliphatic carbocycles. The van der Waals surface area contributed by atoms with Gasteiger partial charge in [0.25, 0.3) is 0 Å². The van der Waals surface area contributed by atoms with Crippen LogP contribution in [0.25, 0.3) is 0 Å². The van der Waals surface area contributed by atoms with Gasteiger partial charge in [0, 0.05) is 19.6 Å². The molecule has 2 heterocycles. The molecule has 0 radical (unpaired) electrons. The summed E-state index contributed by atoms with van der Waals surface area (Å²) in [6.45, 7) is 2.55. The van der Waals surface area contributed by atoms with Gasteiger partial charge in [0.05, 0.1) is 25.1 Å².